The Balaban J connectivity index is 2.96. The van der Waals surface area contributed by atoms with Crippen molar-refractivity contribution in [2.45, 2.75) is 34.1 Å². The summed E-state index contributed by atoms with van der Waals surface area (Å²) < 4.78 is 13.3. The van der Waals surface area contributed by atoms with Crippen molar-refractivity contribution in [3.05, 3.63) is 30.1 Å². The van der Waals surface area contributed by atoms with Crippen molar-refractivity contribution in [2.75, 3.05) is 18.0 Å². The summed E-state index contributed by atoms with van der Waals surface area (Å²) >= 11 is 0. The van der Waals surface area contributed by atoms with Gasteiger partial charge in [0.25, 0.3) is 0 Å². The molecule has 0 aliphatic rings. The van der Waals surface area contributed by atoms with Crippen LogP contribution < -0.4 is 10.6 Å². The quantitative estimate of drug-likeness (QED) is 0.900. The highest BCUT2D eigenvalue weighted by Gasteiger charge is 2.27. The number of hydrogen-bond acceptors (Lipinski definition) is 2. The molecule has 0 saturated carbocycles. The first-order chi connectivity index (χ1) is 9.28. The SMILES string of the molecule is CCN(C(=O)C(CN)CC(C)(C)C)c1cccc(F)c1. The maximum absolute atomic E-state index is 13.3. The number of hydrogen-bond donors (Lipinski definition) is 1. The third-order valence-electron chi connectivity index (χ3n) is 3.19. The largest absolute Gasteiger partial charge is 0.330 e. The minimum atomic E-state index is -0.339. The van der Waals surface area contributed by atoms with E-state index in [4.69, 9.17) is 5.73 Å². The molecule has 1 aromatic carbocycles. The average molecular weight is 280 g/mol. The van der Waals surface area contributed by atoms with Gasteiger partial charge in [-0.1, -0.05) is 26.8 Å². The summed E-state index contributed by atoms with van der Waals surface area (Å²) in [5, 5.41) is 0. The van der Waals surface area contributed by atoms with Crippen molar-refractivity contribution in [2.24, 2.45) is 17.1 Å². The summed E-state index contributed by atoms with van der Waals surface area (Å²) in [6, 6.07) is 6.11. The zero-order valence-electron chi connectivity index (χ0n) is 12.8. The van der Waals surface area contributed by atoms with Crippen LogP contribution in [0.4, 0.5) is 10.1 Å². The molecular formula is C16H25FN2O. The topological polar surface area (TPSA) is 46.3 Å². The van der Waals surface area contributed by atoms with Crippen LogP contribution >= 0.6 is 0 Å². The first kappa shape index (κ1) is 16.6. The molecular weight excluding hydrogens is 255 g/mol. The number of rotatable bonds is 5. The number of nitrogens with zero attached hydrogens (tertiary/aromatic N) is 1. The minimum absolute atomic E-state index is 0.0288. The molecule has 0 spiro atoms. The van der Waals surface area contributed by atoms with Crippen LogP contribution in [-0.2, 0) is 4.79 Å². The number of carbonyl (C=O) groups excluding carboxylic acids is 1. The highest BCUT2D eigenvalue weighted by atomic mass is 19.1. The molecule has 1 atom stereocenters. The summed E-state index contributed by atoms with van der Waals surface area (Å²) in [5.74, 6) is -0.609. The van der Waals surface area contributed by atoms with Gasteiger partial charge in [-0.3, -0.25) is 4.79 Å². The molecule has 0 aliphatic carbocycles. The van der Waals surface area contributed by atoms with Gasteiger partial charge in [-0.25, -0.2) is 4.39 Å². The Kier molecular flexibility index (Phi) is 5.69. The summed E-state index contributed by atoms with van der Waals surface area (Å²) in [4.78, 5) is 14.2. The van der Waals surface area contributed by atoms with E-state index in [0.717, 1.165) is 0 Å². The molecule has 0 saturated heterocycles. The molecule has 0 heterocycles. The molecule has 112 valence electrons. The third kappa shape index (κ3) is 4.60. The lowest BCUT2D eigenvalue weighted by Crippen LogP contribution is -2.40. The number of amides is 1. The highest BCUT2D eigenvalue weighted by molar-refractivity contribution is 5.95. The third-order valence-corrected chi connectivity index (χ3v) is 3.19. The average Bonchev–Trinajstić information content (AvgIpc) is 2.35. The second kappa shape index (κ2) is 6.84. The molecule has 1 unspecified atom stereocenters. The Morgan fingerprint density at radius 3 is 2.50 bits per heavy atom. The second-order valence-corrected chi connectivity index (χ2v) is 6.26. The Hall–Kier alpha value is -1.42. The fourth-order valence-electron chi connectivity index (χ4n) is 2.34. The number of anilines is 1. The Bertz CT molecular complexity index is 454. The van der Waals surface area contributed by atoms with Crippen LogP contribution in [0.2, 0.25) is 0 Å². The van der Waals surface area contributed by atoms with E-state index in [9.17, 15) is 9.18 Å². The van der Waals surface area contributed by atoms with Gasteiger partial charge in [0.15, 0.2) is 0 Å². The molecule has 0 radical (unpaired) electrons. The molecule has 4 heteroatoms. The van der Waals surface area contributed by atoms with Crippen molar-refractivity contribution in [1.29, 1.82) is 0 Å². The zero-order chi connectivity index (χ0) is 15.3. The van der Waals surface area contributed by atoms with Gasteiger partial charge < -0.3 is 10.6 Å². The summed E-state index contributed by atoms with van der Waals surface area (Å²) in [6.07, 6.45) is 0.716. The van der Waals surface area contributed by atoms with Gasteiger partial charge in [-0.15, -0.1) is 0 Å². The normalized spacial score (nSPS) is 13.1. The van der Waals surface area contributed by atoms with E-state index in [-0.39, 0.29) is 23.1 Å². The van der Waals surface area contributed by atoms with Crippen molar-refractivity contribution >= 4 is 11.6 Å². The second-order valence-electron chi connectivity index (χ2n) is 6.26. The summed E-state index contributed by atoms with van der Waals surface area (Å²) in [5.41, 5.74) is 6.38. The van der Waals surface area contributed by atoms with Gasteiger partial charge in [-0.05, 0) is 37.0 Å². The first-order valence-electron chi connectivity index (χ1n) is 7.05. The predicted octanol–water partition coefficient (Wildman–Crippen LogP) is 3.19. The number of benzene rings is 1. The summed E-state index contributed by atoms with van der Waals surface area (Å²) in [7, 11) is 0. The number of nitrogens with two attached hydrogens (primary N) is 1. The van der Waals surface area contributed by atoms with Gasteiger partial charge in [0, 0.05) is 18.8 Å². The van der Waals surface area contributed by atoms with E-state index in [0.29, 0.717) is 25.2 Å². The van der Waals surface area contributed by atoms with Crippen molar-refractivity contribution in [3.8, 4) is 0 Å². The van der Waals surface area contributed by atoms with Crippen LogP contribution in [0.3, 0.4) is 0 Å². The molecule has 20 heavy (non-hydrogen) atoms. The number of halogens is 1. The predicted molar refractivity (Wildman–Crippen MR) is 81.0 cm³/mol. The lowest BCUT2D eigenvalue weighted by atomic mass is 9.84. The molecule has 0 fully saturated rings. The lowest BCUT2D eigenvalue weighted by molar-refractivity contribution is -0.122. The highest BCUT2D eigenvalue weighted by Crippen LogP contribution is 2.27. The van der Waals surface area contributed by atoms with Gasteiger partial charge in [0.05, 0.1) is 5.92 Å². The Morgan fingerprint density at radius 2 is 2.05 bits per heavy atom. The summed E-state index contributed by atoms with van der Waals surface area (Å²) in [6.45, 7) is 8.95. The standard InChI is InChI=1S/C16H25FN2O/c1-5-19(14-8-6-7-13(17)9-14)15(20)12(11-18)10-16(2,3)4/h6-9,12H,5,10-11,18H2,1-4H3. The van der Waals surface area contributed by atoms with E-state index < -0.39 is 0 Å². The van der Waals surface area contributed by atoms with E-state index in [1.165, 1.54) is 12.1 Å². The Labute approximate surface area is 121 Å². The minimum Gasteiger partial charge on any atom is -0.330 e. The van der Waals surface area contributed by atoms with Crippen LogP contribution in [0.5, 0.6) is 0 Å². The van der Waals surface area contributed by atoms with Gasteiger partial charge >= 0.3 is 0 Å². The Morgan fingerprint density at radius 1 is 1.40 bits per heavy atom. The van der Waals surface area contributed by atoms with E-state index in [2.05, 4.69) is 20.8 Å². The van der Waals surface area contributed by atoms with Crippen molar-refractivity contribution in [1.82, 2.24) is 0 Å². The first-order valence-corrected chi connectivity index (χ1v) is 7.05. The maximum Gasteiger partial charge on any atom is 0.231 e. The van der Waals surface area contributed by atoms with E-state index in [1.807, 2.05) is 6.92 Å². The fraction of sp³-hybridized carbons (Fsp3) is 0.562. The van der Waals surface area contributed by atoms with Crippen LogP contribution in [0.25, 0.3) is 0 Å². The van der Waals surface area contributed by atoms with Gasteiger partial charge in [-0.2, -0.15) is 0 Å². The van der Waals surface area contributed by atoms with Gasteiger partial charge in [0.1, 0.15) is 5.82 Å². The van der Waals surface area contributed by atoms with Crippen LogP contribution in [0, 0.1) is 17.2 Å². The molecule has 3 nitrogen and oxygen atoms in total. The van der Waals surface area contributed by atoms with Crippen LogP contribution in [0.15, 0.2) is 24.3 Å². The fourth-order valence-corrected chi connectivity index (χ4v) is 2.34. The number of carbonyl (C=O) groups is 1. The van der Waals surface area contributed by atoms with Gasteiger partial charge in [0.2, 0.25) is 5.91 Å². The molecule has 0 aliphatic heterocycles. The smallest absolute Gasteiger partial charge is 0.231 e. The molecule has 0 aromatic heterocycles. The molecule has 1 aromatic rings. The lowest BCUT2D eigenvalue weighted by Gasteiger charge is -2.29. The molecule has 0 bridgehead atoms. The van der Waals surface area contributed by atoms with Crippen molar-refractivity contribution in [3.63, 3.8) is 0 Å². The zero-order valence-corrected chi connectivity index (χ0v) is 12.8. The maximum atomic E-state index is 13.3. The van der Waals surface area contributed by atoms with E-state index >= 15 is 0 Å². The molecule has 1 rings (SSSR count). The van der Waals surface area contributed by atoms with Crippen LogP contribution in [0.1, 0.15) is 34.1 Å². The van der Waals surface area contributed by atoms with Crippen molar-refractivity contribution < 1.29 is 9.18 Å². The molecule has 2 N–H and O–H groups in total. The molecule has 1 amide bonds. The van der Waals surface area contributed by atoms with E-state index in [1.54, 1.807) is 17.0 Å². The monoisotopic (exact) mass is 280 g/mol. The van der Waals surface area contributed by atoms with Crippen LogP contribution in [-0.4, -0.2) is 19.0 Å².